The number of rotatable bonds is 5. The molecule has 0 spiro atoms. The van der Waals surface area contributed by atoms with Crippen molar-refractivity contribution in [3.05, 3.63) is 24.5 Å². The van der Waals surface area contributed by atoms with Crippen LogP contribution in [0.5, 0.6) is 5.75 Å². The summed E-state index contributed by atoms with van der Waals surface area (Å²) in [5.41, 5.74) is 6.99. The van der Waals surface area contributed by atoms with Gasteiger partial charge in [0.1, 0.15) is 5.75 Å². The van der Waals surface area contributed by atoms with Crippen molar-refractivity contribution in [1.29, 1.82) is 0 Å². The minimum atomic E-state index is 0.356. The summed E-state index contributed by atoms with van der Waals surface area (Å²) in [7, 11) is 1.60. The molecular weight excluding hydrogens is 320 g/mol. The first-order valence-corrected chi connectivity index (χ1v) is 8.32. The zero-order valence-corrected chi connectivity index (χ0v) is 14.0. The number of hydrogen-bond acceptors (Lipinski definition) is 8. The Morgan fingerprint density at radius 3 is 2.92 bits per heavy atom. The SMILES string of the molecule is COc1ccc(-n2nnc3cnc(N[C@@H]4CC[C@@H](CN)C4)nc32)nc1. The Hall–Kier alpha value is -2.81. The molecule has 3 aromatic heterocycles. The maximum Gasteiger partial charge on any atom is 0.225 e. The van der Waals surface area contributed by atoms with E-state index in [9.17, 15) is 0 Å². The first-order valence-electron chi connectivity index (χ1n) is 8.32. The van der Waals surface area contributed by atoms with Gasteiger partial charge < -0.3 is 15.8 Å². The average molecular weight is 340 g/mol. The molecule has 0 unspecified atom stereocenters. The molecule has 1 saturated carbocycles. The van der Waals surface area contributed by atoms with Crippen molar-refractivity contribution in [1.82, 2.24) is 29.9 Å². The monoisotopic (exact) mass is 340 g/mol. The average Bonchev–Trinajstić information content (AvgIpc) is 3.28. The third kappa shape index (κ3) is 3.10. The quantitative estimate of drug-likeness (QED) is 0.710. The van der Waals surface area contributed by atoms with Gasteiger partial charge in [-0.05, 0) is 43.9 Å². The summed E-state index contributed by atoms with van der Waals surface area (Å²) in [6, 6.07) is 3.99. The molecule has 1 fully saturated rings. The molecule has 0 aliphatic heterocycles. The molecule has 0 bridgehead atoms. The summed E-state index contributed by atoms with van der Waals surface area (Å²) < 4.78 is 6.73. The molecule has 3 N–H and O–H groups in total. The lowest BCUT2D eigenvalue weighted by molar-refractivity contribution is 0.412. The molecule has 25 heavy (non-hydrogen) atoms. The zero-order chi connectivity index (χ0) is 17.2. The number of ether oxygens (including phenoxy) is 1. The Kier molecular flexibility index (Phi) is 4.14. The van der Waals surface area contributed by atoms with Crippen LogP contribution in [0, 0.1) is 5.92 Å². The molecule has 0 amide bonds. The van der Waals surface area contributed by atoms with E-state index in [1.54, 1.807) is 24.2 Å². The first kappa shape index (κ1) is 15.7. The number of anilines is 1. The van der Waals surface area contributed by atoms with Gasteiger partial charge in [0.2, 0.25) is 5.95 Å². The molecule has 0 saturated heterocycles. The molecule has 9 heteroatoms. The summed E-state index contributed by atoms with van der Waals surface area (Å²) in [5, 5.41) is 11.6. The second kappa shape index (κ2) is 6.60. The summed E-state index contributed by atoms with van der Waals surface area (Å²) in [5.74, 6) is 2.46. The van der Waals surface area contributed by atoms with Crippen LogP contribution in [0.25, 0.3) is 17.0 Å². The Bertz CT molecular complexity index is 862. The van der Waals surface area contributed by atoms with Crippen LogP contribution in [-0.4, -0.2) is 49.6 Å². The fourth-order valence-corrected chi connectivity index (χ4v) is 3.17. The van der Waals surface area contributed by atoms with Crippen molar-refractivity contribution in [2.45, 2.75) is 25.3 Å². The fourth-order valence-electron chi connectivity index (χ4n) is 3.17. The second-order valence-electron chi connectivity index (χ2n) is 6.22. The van der Waals surface area contributed by atoms with Gasteiger partial charge >= 0.3 is 0 Å². The maximum absolute atomic E-state index is 5.76. The minimum absolute atomic E-state index is 0.356. The number of hydrogen-bond donors (Lipinski definition) is 2. The van der Waals surface area contributed by atoms with Crippen molar-refractivity contribution in [2.75, 3.05) is 19.0 Å². The Labute approximate surface area is 144 Å². The number of pyridine rings is 1. The number of aromatic nitrogens is 6. The maximum atomic E-state index is 5.76. The van der Waals surface area contributed by atoms with E-state index >= 15 is 0 Å². The summed E-state index contributed by atoms with van der Waals surface area (Å²) in [4.78, 5) is 13.3. The van der Waals surface area contributed by atoms with Crippen LogP contribution in [-0.2, 0) is 0 Å². The van der Waals surface area contributed by atoms with Gasteiger partial charge in [-0.2, -0.15) is 9.67 Å². The Balaban J connectivity index is 1.61. The van der Waals surface area contributed by atoms with E-state index in [2.05, 4.69) is 30.6 Å². The molecule has 9 nitrogen and oxygen atoms in total. The van der Waals surface area contributed by atoms with Gasteiger partial charge in [-0.15, -0.1) is 5.10 Å². The molecule has 2 atom stereocenters. The van der Waals surface area contributed by atoms with Crippen LogP contribution < -0.4 is 15.8 Å². The fraction of sp³-hybridized carbons (Fsp3) is 0.438. The smallest absolute Gasteiger partial charge is 0.225 e. The molecule has 1 aliphatic rings. The van der Waals surface area contributed by atoms with E-state index in [4.69, 9.17) is 10.5 Å². The van der Waals surface area contributed by atoms with Crippen LogP contribution in [0.4, 0.5) is 5.95 Å². The third-order valence-electron chi connectivity index (χ3n) is 4.57. The molecular formula is C16H20N8O. The number of nitrogens with two attached hydrogens (primary N) is 1. The van der Waals surface area contributed by atoms with E-state index in [1.807, 2.05) is 12.1 Å². The number of methoxy groups -OCH3 is 1. The highest BCUT2D eigenvalue weighted by Gasteiger charge is 2.24. The van der Waals surface area contributed by atoms with E-state index in [0.29, 0.717) is 40.6 Å². The molecule has 0 radical (unpaired) electrons. The second-order valence-corrected chi connectivity index (χ2v) is 6.22. The predicted molar refractivity (Wildman–Crippen MR) is 92.6 cm³/mol. The molecule has 130 valence electrons. The van der Waals surface area contributed by atoms with Crippen LogP contribution in [0.1, 0.15) is 19.3 Å². The Morgan fingerprint density at radius 1 is 1.28 bits per heavy atom. The van der Waals surface area contributed by atoms with E-state index in [0.717, 1.165) is 25.8 Å². The van der Waals surface area contributed by atoms with Crippen molar-refractivity contribution in [3.63, 3.8) is 0 Å². The van der Waals surface area contributed by atoms with Crippen molar-refractivity contribution in [2.24, 2.45) is 11.7 Å². The lowest BCUT2D eigenvalue weighted by Crippen LogP contribution is -2.19. The normalized spacial score (nSPS) is 20.1. The van der Waals surface area contributed by atoms with Gasteiger partial charge in [0.05, 0.1) is 19.5 Å². The molecule has 1 aliphatic carbocycles. The Morgan fingerprint density at radius 2 is 2.20 bits per heavy atom. The number of nitrogens with zero attached hydrogens (tertiary/aromatic N) is 6. The summed E-state index contributed by atoms with van der Waals surface area (Å²) in [6.07, 6.45) is 6.59. The lowest BCUT2D eigenvalue weighted by Gasteiger charge is -2.12. The molecule has 4 rings (SSSR count). The highest BCUT2D eigenvalue weighted by molar-refractivity contribution is 5.71. The molecule has 0 aromatic carbocycles. The highest BCUT2D eigenvalue weighted by Crippen LogP contribution is 2.26. The summed E-state index contributed by atoms with van der Waals surface area (Å²) >= 11 is 0. The van der Waals surface area contributed by atoms with Gasteiger partial charge in [0.15, 0.2) is 17.0 Å². The van der Waals surface area contributed by atoms with E-state index in [1.165, 1.54) is 0 Å². The standard InChI is InChI=1S/C16H20N8O/c1-25-12-4-5-14(18-8-12)24-15-13(22-23-24)9-19-16(21-15)20-11-3-2-10(6-11)7-17/h4-5,8-11H,2-3,6-7,17H2,1H3,(H,19,20,21)/t10-,11-/m1/s1. The van der Waals surface area contributed by atoms with Crippen molar-refractivity contribution >= 4 is 17.1 Å². The minimum Gasteiger partial charge on any atom is -0.495 e. The summed E-state index contributed by atoms with van der Waals surface area (Å²) in [6.45, 7) is 0.734. The van der Waals surface area contributed by atoms with E-state index < -0.39 is 0 Å². The largest absolute Gasteiger partial charge is 0.495 e. The van der Waals surface area contributed by atoms with Gasteiger partial charge in [0.25, 0.3) is 0 Å². The molecule has 3 heterocycles. The van der Waals surface area contributed by atoms with Crippen LogP contribution in [0.3, 0.4) is 0 Å². The van der Waals surface area contributed by atoms with Crippen molar-refractivity contribution in [3.8, 4) is 11.6 Å². The van der Waals surface area contributed by atoms with Gasteiger partial charge in [0, 0.05) is 6.04 Å². The first-order chi connectivity index (χ1) is 12.3. The van der Waals surface area contributed by atoms with Crippen LogP contribution in [0.2, 0.25) is 0 Å². The van der Waals surface area contributed by atoms with Gasteiger partial charge in [-0.3, -0.25) is 0 Å². The van der Waals surface area contributed by atoms with Crippen molar-refractivity contribution < 1.29 is 4.74 Å². The van der Waals surface area contributed by atoms with E-state index in [-0.39, 0.29) is 0 Å². The molecule has 3 aromatic rings. The van der Waals surface area contributed by atoms with Crippen LogP contribution in [0.15, 0.2) is 24.5 Å². The predicted octanol–water partition coefficient (Wildman–Crippen LogP) is 1.15. The van der Waals surface area contributed by atoms with Gasteiger partial charge in [-0.25, -0.2) is 9.97 Å². The topological polar surface area (TPSA) is 117 Å². The highest BCUT2D eigenvalue weighted by atomic mass is 16.5. The number of nitrogens with one attached hydrogen (secondary N) is 1. The third-order valence-corrected chi connectivity index (χ3v) is 4.57. The van der Waals surface area contributed by atoms with Gasteiger partial charge in [-0.1, -0.05) is 5.21 Å². The number of fused-ring (bicyclic) bond motifs is 1. The van der Waals surface area contributed by atoms with Crippen LogP contribution >= 0.6 is 0 Å². The zero-order valence-electron chi connectivity index (χ0n) is 14.0. The lowest BCUT2D eigenvalue weighted by atomic mass is 10.1.